The van der Waals surface area contributed by atoms with Gasteiger partial charge in [0, 0.05) is 12.4 Å². The highest BCUT2D eigenvalue weighted by Gasteiger charge is 2.13. The second-order valence-corrected chi connectivity index (χ2v) is 3.28. The van der Waals surface area contributed by atoms with Crippen LogP contribution in [0.15, 0.2) is 28.7 Å². The Labute approximate surface area is 79.9 Å². The van der Waals surface area contributed by atoms with Crippen molar-refractivity contribution in [3.8, 4) is 0 Å². The van der Waals surface area contributed by atoms with Gasteiger partial charge in [0.1, 0.15) is 11.1 Å². The molecule has 3 aromatic rings. The Morgan fingerprint density at radius 3 is 3.00 bits per heavy atom. The van der Waals surface area contributed by atoms with Gasteiger partial charge in [0.15, 0.2) is 11.4 Å². The number of anilines is 1. The zero-order valence-corrected chi connectivity index (χ0v) is 7.69. The van der Waals surface area contributed by atoms with Crippen LogP contribution < -0.4 is 5.73 Å². The molecule has 4 heteroatoms. The van der Waals surface area contributed by atoms with Crippen LogP contribution in [0.1, 0.15) is 0 Å². The minimum Gasteiger partial charge on any atom is -0.450 e. The molecule has 0 fully saturated rings. The first kappa shape index (κ1) is 7.44. The molecule has 0 bridgehead atoms. The summed E-state index contributed by atoms with van der Waals surface area (Å²) in [5, 5.41) is 5.15. The van der Waals surface area contributed by atoms with E-state index in [4.69, 9.17) is 10.2 Å². The van der Waals surface area contributed by atoms with E-state index in [1.54, 1.807) is 4.68 Å². The fourth-order valence-electron chi connectivity index (χ4n) is 1.78. The molecule has 4 nitrogen and oxygen atoms in total. The summed E-state index contributed by atoms with van der Waals surface area (Å²) >= 11 is 0. The van der Waals surface area contributed by atoms with E-state index in [-0.39, 0.29) is 0 Å². The van der Waals surface area contributed by atoms with Crippen LogP contribution >= 0.6 is 0 Å². The van der Waals surface area contributed by atoms with Gasteiger partial charge in [-0.15, -0.1) is 0 Å². The molecule has 0 saturated heterocycles. The van der Waals surface area contributed by atoms with Gasteiger partial charge in [-0.25, -0.2) is 0 Å². The van der Waals surface area contributed by atoms with Gasteiger partial charge in [-0.1, -0.05) is 12.1 Å². The van der Waals surface area contributed by atoms with Crippen LogP contribution in [0.4, 0.5) is 5.82 Å². The lowest BCUT2D eigenvalue weighted by atomic mass is 10.2. The third kappa shape index (κ3) is 0.750. The third-order valence-corrected chi connectivity index (χ3v) is 2.38. The van der Waals surface area contributed by atoms with Crippen molar-refractivity contribution in [1.29, 1.82) is 0 Å². The highest BCUT2D eigenvalue weighted by molar-refractivity contribution is 6.05. The van der Waals surface area contributed by atoms with Gasteiger partial charge in [-0.2, -0.15) is 5.10 Å². The highest BCUT2D eigenvalue weighted by atomic mass is 16.3. The first-order chi connectivity index (χ1) is 6.77. The predicted molar refractivity (Wildman–Crippen MR) is 54.9 cm³/mol. The van der Waals surface area contributed by atoms with E-state index in [9.17, 15) is 0 Å². The van der Waals surface area contributed by atoms with Crippen molar-refractivity contribution in [3.63, 3.8) is 0 Å². The molecule has 2 N–H and O–H groups in total. The number of furan rings is 1. The lowest BCUT2D eigenvalue weighted by Crippen LogP contribution is -1.91. The maximum absolute atomic E-state index is 5.72. The molecule has 14 heavy (non-hydrogen) atoms. The lowest BCUT2D eigenvalue weighted by molar-refractivity contribution is 0.670. The van der Waals surface area contributed by atoms with Crippen molar-refractivity contribution < 1.29 is 4.42 Å². The van der Waals surface area contributed by atoms with E-state index in [0.29, 0.717) is 11.4 Å². The molecular formula is C10H9N3O. The summed E-state index contributed by atoms with van der Waals surface area (Å²) in [5.41, 5.74) is 8.20. The molecule has 2 heterocycles. The molecule has 70 valence electrons. The molecule has 3 rings (SSSR count). The number of hydrogen-bond donors (Lipinski definition) is 1. The number of nitrogens with two attached hydrogens (primary N) is 1. The number of para-hydroxylation sites is 1. The second kappa shape index (κ2) is 2.29. The quantitative estimate of drug-likeness (QED) is 0.584. The van der Waals surface area contributed by atoms with Crippen LogP contribution in [0, 0.1) is 0 Å². The van der Waals surface area contributed by atoms with Crippen LogP contribution in [0.3, 0.4) is 0 Å². The SMILES string of the molecule is Cn1nc(N)c2oc3ccccc3c21. The number of aromatic nitrogens is 2. The van der Waals surface area contributed by atoms with Gasteiger partial charge in [-0.05, 0) is 12.1 Å². The van der Waals surface area contributed by atoms with Crippen molar-refractivity contribution in [2.24, 2.45) is 7.05 Å². The number of aryl methyl sites for hydroxylation is 1. The Morgan fingerprint density at radius 1 is 1.36 bits per heavy atom. The molecule has 0 spiro atoms. The first-order valence-corrected chi connectivity index (χ1v) is 4.37. The molecule has 2 aromatic heterocycles. The topological polar surface area (TPSA) is 57.0 Å². The summed E-state index contributed by atoms with van der Waals surface area (Å²) in [4.78, 5) is 0. The molecular weight excluding hydrogens is 178 g/mol. The van der Waals surface area contributed by atoms with E-state index >= 15 is 0 Å². The molecule has 0 aliphatic rings. The molecule has 0 unspecified atom stereocenters. The number of rotatable bonds is 0. The Balaban J connectivity index is 2.65. The summed E-state index contributed by atoms with van der Waals surface area (Å²) < 4.78 is 7.34. The Kier molecular flexibility index (Phi) is 1.21. The molecule has 0 radical (unpaired) electrons. The van der Waals surface area contributed by atoms with E-state index in [1.807, 2.05) is 31.3 Å². The van der Waals surface area contributed by atoms with Gasteiger partial charge in [-0.3, -0.25) is 4.68 Å². The maximum atomic E-state index is 5.72. The zero-order chi connectivity index (χ0) is 9.71. The molecule has 0 aliphatic carbocycles. The van der Waals surface area contributed by atoms with Crippen LogP contribution in [0.2, 0.25) is 0 Å². The average molecular weight is 187 g/mol. The standard InChI is InChI=1S/C10H9N3O/c1-13-8-6-4-2-3-5-7(6)14-9(8)10(11)12-13/h2-5H,1H3,(H2,11,12). The normalized spacial score (nSPS) is 11.5. The summed E-state index contributed by atoms with van der Waals surface area (Å²) in [5.74, 6) is 0.443. The predicted octanol–water partition coefficient (Wildman–Crippen LogP) is 1.90. The van der Waals surface area contributed by atoms with Crippen molar-refractivity contribution in [2.75, 3.05) is 5.73 Å². The number of nitrogen functional groups attached to an aromatic ring is 1. The maximum Gasteiger partial charge on any atom is 0.197 e. The number of benzene rings is 1. The van der Waals surface area contributed by atoms with E-state index < -0.39 is 0 Å². The van der Waals surface area contributed by atoms with Crippen LogP contribution in [0.5, 0.6) is 0 Å². The second-order valence-electron chi connectivity index (χ2n) is 3.28. The zero-order valence-electron chi connectivity index (χ0n) is 7.69. The summed E-state index contributed by atoms with van der Waals surface area (Å²) in [7, 11) is 1.86. The first-order valence-electron chi connectivity index (χ1n) is 4.37. The molecule has 0 amide bonds. The smallest absolute Gasteiger partial charge is 0.197 e. The molecule has 0 saturated carbocycles. The van der Waals surface area contributed by atoms with Crippen LogP contribution in [-0.2, 0) is 7.05 Å². The lowest BCUT2D eigenvalue weighted by Gasteiger charge is -1.90. The van der Waals surface area contributed by atoms with Gasteiger partial charge < -0.3 is 10.2 Å². The van der Waals surface area contributed by atoms with Crippen molar-refractivity contribution in [2.45, 2.75) is 0 Å². The van der Waals surface area contributed by atoms with Crippen LogP contribution in [0.25, 0.3) is 22.1 Å². The summed E-state index contributed by atoms with van der Waals surface area (Å²) in [6, 6.07) is 7.84. The Bertz CT molecular complexity index is 621. The van der Waals surface area contributed by atoms with E-state index in [0.717, 1.165) is 16.5 Å². The number of hydrogen-bond acceptors (Lipinski definition) is 3. The summed E-state index contributed by atoms with van der Waals surface area (Å²) in [6.45, 7) is 0. The minimum atomic E-state index is 0.443. The number of fused-ring (bicyclic) bond motifs is 3. The fourth-order valence-corrected chi connectivity index (χ4v) is 1.78. The van der Waals surface area contributed by atoms with E-state index in [2.05, 4.69) is 5.10 Å². The molecule has 0 atom stereocenters. The van der Waals surface area contributed by atoms with Gasteiger partial charge >= 0.3 is 0 Å². The van der Waals surface area contributed by atoms with Crippen LogP contribution in [-0.4, -0.2) is 9.78 Å². The fraction of sp³-hybridized carbons (Fsp3) is 0.100. The minimum absolute atomic E-state index is 0.443. The largest absolute Gasteiger partial charge is 0.450 e. The number of nitrogens with zero attached hydrogens (tertiary/aromatic N) is 2. The summed E-state index contributed by atoms with van der Waals surface area (Å²) in [6.07, 6.45) is 0. The molecule has 1 aromatic carbocycles. The van der Waals surface area contributed by atoms with Crippen molar-refractivity contribution in [3.05, 3.63) is 24.3 Å². The van der Waals surface area contributed by atoms with Gasteiger partial charge in [0.25, 0.3) is 0 Å². The van der Waals surface area contributed by atoms with Crippen molar-refractivity contribution in [1.82, 2.24) is 9.78 Å². The highest BCUT2D eigenvalue weighted by Crippen LogP contribution is 2.30. The Morgan fingerprint density at radius 2 is 2.14 bits per heavy atom. The van der Waals surface area contributed by atoms with E-state index in [1.165, 1.54) is 0 Å². The third-order valence-electron chi connectivity index (χ3n) is 2.38. The molecule has 0 aliphatic heterocycles. The van der Waals surface area contributed by atoms with Gasteiger partial charge in [0.2, 0.25) is 0 Å². The van der Waals surface area contributed by atoms with Crippen molar-refractivity contribution >= 4 is 27.9 Å². The monoisotopic (exact) mass is 187 g/mol. The Hall–Kier alpha value is -1.97. The van der Waals surface area contributed by atoms with Gasteiger partial charge in [0.05, 0.1) is 0 Å². The average Bonchev–Trinajstić information content (AvgIpc) is 2.66.